The highest BCUT2D eigenvalue weighted by atomic mass is 32.2. The van der Waals surface area contributed by atoms with Crippen LogP contribution in [0, 0.1) is 0 Å². The molecule has 0 fully saturated rings. The number of hydrogen-bond donors (Lipinski definition) is 0. The van der Waals surface area contributed by atoms with Crippen LogP contribution in [0.25, 0.3) is 0 Å². The van der Waals surface area contributed by atoms with Crippen molar-refractivity contribution < 1.29 is 9.59 Å². The Bertz CT molecular complexity index is 689. The Labute approximate surface area is 302 Å². The average molecular weight is 695 g/mol. The van der Waals surface area contributed by atoms with Crippen LogP contribution < -0.4 is 0 Å². The second kappa shape index (κ2) is 38.2. The van der Waals surface area contributed by atoms with E-state index in [9.17, 15) is 9.59 Å². The number of thioether (sulfide) groups is 2. The average Bonchev–Trinajstić information content (AvgIpc) is 3.05. The van der Waals surface area contributed by atoms with Gasteiger partial charge in [-0.2, -0.15) is 0 Å². The number of carbonyl (C=O) groups excluding carboxylic acids is 2. The van der Waals surface area contributed by atoms with Gasteiger partial charge in [-0.15, -0.1) is 0 Å². The highest BCUT2D eigenvalue weighted by Crippen LogP contribution is 2.15. The number of nitrogens with zero attached hydrogens (tertiary/aromatic N) is 2. The first-order chi connectivity index (χ1) is 23.0. The molecule has 0 aliphatic carbocycles. The second-order valence-electron chi connectivity index (χ2n) is 13.7. The molecule has 276 valence electrons. The zero-order valence-electron chi connectivity index (χ0n) is 31.8. The molecule has 0 aliphatic rings. The van der Waals surface area contributed by atoms with Gasteiger partial charge in [-0.05, 0) is 104 Å². The minimum Gasteiger partial charge on any atom is -0.309 e. The van der Waals surface area contributed by atoms with E-state index in [0.29, 0.717) is 10.2 Å². The second-order valence-corrected chi connectivity index (χ2v) is 15.9. The third-order valence-electron chi connectivity index (χ3n) is 8.75. The first-order valence-corrected chi connectivity index (χ1v) is 21.9. The van der Waals surface area contributed by atoms with Crippen LogP contribution in [0.3, 0.4) is 0 Å². The number of carbonyl (C=O) groups is 2. The summed E-state index contributed by atoms with van der Waals surface area (Å²) in [5, 5.41) is 0.727. The van der Waals surface area contributed by atoms with Crippen LogP contribution in [0.2, 0.25) is 0 Å². The molecule has 0 N–H and O–H groups in total. The summed E-state index contributed by atoms with van der Waals surface area (Å²) in [4.78, 5) is 29.4. The predicted molar refractivity (Wildman–Crippen MR) is 215 cm³/mol. The van der Waals surface area contributed by atoms with Crippen molar-refractivity contribution in [3.8, 4) is 0 Å². The van der Waals surface area contributed by atoms with Gasteiger partial charge in [0.1, 0.15) is 0 Å². The number of hydrogen-bond acceptors (Lipinski definition) is 6. The molecule has 0 radical (unpaired) electrons. The van der Waals surface area contributed by atoms with Gasteiger partial charge in [-0.25, -0.2) is 0 Å². The molecule has 0 bridgehead atoms. The van der Waals surface area contributed by atoms with E-state index in [0.717, 1.165) is 50.0 Å². The monoisotopic (exact) mass is 695 g/mol. The van der Waals surface area contributed by atoms with E-state index in [1.54, 1.807) is 0 Å². The molecule has 0 amide bonds. The molecule has 0 spiro atoms. The van der Waals surface area contributed by atoms with Gasteiger partial charge in [0, 0.05) is 24.3 Å². The van der Waals surface area contributed by atoms with Gasteiger partial charge in [0.15, 0.2) is 10.2 Å². The molecule has 0 saturated carbocycles. The summed E-state index contributed by atoms with van der Waals surface area (Å²) in [7, 11) is 4.33. The van der Waals surface area contributed by atoms with Crippen LogP contribution in [0.4, 0.5) is 0 Å². The van der Waals surface area contributed by atoms with Gasteiger partial charge in [-0.3, -0.25) is 9.59 Å². The van der Waals surface area contributed by atoms with Gasteiger partial charge in [0.25, 0.3) is 0 Å². The lowest BCUT2D eigenvalue weighted by Gasteiger charge is -2.22. The van der Waals surface area contributed by atoms with Crippen molar-refractivity contribution >= 4 is 33.8 Å². The zero-order chi connectivity index (χ0) is 34.5. The van der Waals surface area contributed by atoms with Gasteiger partial charge in [0.2, 0.25) is 0 Å². The van der Waals surface area contributed by atoms with Gasteiger partial charge in [0.05, 0.1) is 0 Å². The molecular weight excluding hydrogens is 617 g/mol. The van der Waals surface area contributed by atoms with E-state index in [1.807, 2.05) is 0 Å². The van der Waals surface area contributed by atoms with Crippen LogP contribution in [0.1, 0.15) is 174 Å². The third kappa shape index (κ3) is 38.1. The molecule has 0 aromatic carbocycles. The Balaban J connectivity index is 3.99. The molecule has 0 aromatic rings. The standard InChI is InChI=1S/C41H78N2O2S2/c1-5-7-9-11-13-21-30-38-46-40(44)32-24-17-15-19-27-35-43(37-29-23-26-34-42(3)4)36-28-20-16-18-25-33-41(45)47-39-31-22-14-12-10-8-6-2/h21-22,30-31H,5-20,23-29,32-39H2,1-4H3/b30-21-,31-22-. The van der Waals surface area contributed by atoms with Crippen molar-refractivity contribution in [1.82, 2.24) is 9.80 Å². The van der Waals surface area contributed by atoms with E-state index >= 15 is 0 Å². The Kier molecular flexibility index (Phi) is 37.8. The molecule has 4 nitrogen and oxygen atoms in total. The number of allylic oxidation sites excluding steroid dienone is 2. The van der Waals surface area contributed by atoms with Crippen LogP contribution in [-0.4, -0.2) is 71.8 Å². The molecule has 0 rings (SSSR count). The summed E-state index contributed by atoms with van der Waals surface area (Å²) in [6, 6.07) is 0. The lowest BCUT2D eigenvalue weighted by molar-refractivity contribution is -0.111. The minimum absolute atomic E-state index is 0.364. The smallest absolute Gasteiger partial charge is 0.189 e. The molecule has 6 heteroatoms. The molecular formula is C41H78N2O2S2. The van der Waals surface area contributed by atoms with Crippen molar-refractivity contribution in [3.63, 3.8) is 0 Å². The van der Waals surface area contributed by atoms with Crippen LogP contribution in [-0.2, 0) is 9.59 Å². The van der Waals surface area contributed by atoms with Crippen molar-refractivity contribution in [1.29, 1.82) is 0 Å². The van der Waals surface area contributed by atoms with E-state index in [-0.39, 0.29) is 0 Å². The largest absolute Gasteiger partial charge is 0.309 e. The first-order valence-electron chi connectivity index (χ1n) is 20.0. The van der Waals surface area contributed by atoms with Crippen molar-refractivity contribution in [3.05, 3.63) is 24.3 Å². The van der Waals surface area contributed by atoms with Gasteiger partial charge >= 0.3 is 0 Å². The molecule has 0 saturated heterocycles. The lowest BCUT2D eigenvalue weighted by Crippen LogP contribution is -2.27. The normalized spacial score (nSPS) is 12.0. The van der Waals surface area contributed by atoms with Gasteiger partial charge in [-0.1, -0.05) is 145 Å². The zero-order valence-corrected chi connectivity index (χ0v) is 33.4. The molecule has 0 unspecified atom stereocenters. The quantitative estimate of drug-likeness (QED) is 0.0480. The van der Waals surface area contributed by atoms with Gasteiger partial charge < -0.3 is 9.80 Å². The highest BCUT2D eigenvalue weighted by molar-refractivity contribution is 8.14. The molecule has 47 heavy (non-hydrogen) atoms. The summed E-state index contributed by atoms with van der Waals surface area (Å²) >= 11 is 2.99. The van der Waals surface area contributed by atoms with E-state index in [4.69, 9.17) is 0 Å². The topological polar surface area (TPSA) is 40.6 Å². The van der Waals surface area contributed by atoms with Crippen LogP contribution >= 0.6 is 23.5 Å². The van der Waals surface area contributed by atoms with E-state index in [1.165, 1.54) is 172 Å². The third-order valence-corrected chi connectivity index (χ3v) is 10.5. The lowest BCUT2D eigenvalue weighted by atomic mass is 10.1. The Morgan fingerprint density at radius 3 is 1.23 bits per heavy atom. The minimum atomic E-state index is 0.364. The Morgan fingerprint density at radius 2 is 0.809 bits per heavy atom. The SMILES string of the molecule is CCCCCC/C=C\CSC(=O)CCCCCCCN(CCCCCCCC(=O)SC/C=C\CCCCCC)CCCCCN(C)C. The first kappa shape index (κ1) is 46.4. The number of rotatable bonds is 36. The Morgan fingerprint density at radius 1 is 0.447 bits per heavy atom. The van der Waals surface area contributed by atoms with Crippen molar-refractivity contribution in [2.24, 2.45) is 0 Å². The fraction of sp³-hybridized carbons (Fsp3) is 0.854. The van der Waals surface area contributed by atoms with Crippen LogP contribution in [0.15, 0.2) is 24.3 Å². The summed E-state index contributed by atoms with van der Waals surface area (Å²) in [5.41, 5.74) is 0. The van der Waals surface area contributed by atoms with Crippen LogP contribution in [0.5, 0.6) is 0 Å². The summed E-state index contributed by atoms with van der Waals surface area (Å²) in [5.74, 6) is 1.68. The summed E-state index contributed by atoms with van der Waals surface area (Å²) in [6.07, 6.45) is 39.1. The van der Waals surface area contributed by atoms with Crippen molar-refractivity contribution in [2.45, 2.75) is 174 Å². The fourth-order valence-electron chi connectivity index (χ4n) is 5.72. The summed E-state index contributed by atoms with van der Waals surface area (Å²) < 4.78 is 0. The fourth-order valence-corrected chi connectivity index (χ4v) is 7.14. The maximum Gasteiger partial charge on any atom is 0.189 e. The number of unbranched alkanes of at least 4 members (excludes halogenated alkanes) is 18. The highest BCUT2D eigenvalue weighted by Gasteiger charge is 2.07. The maximum atomic E-state index is 12.2. The Hall–Kier alpha value is -0.560. The van der Waals surface area contributed by atoms with Crippen molar-refractivity contribution in [2.75, 3.05) is 51.8 Å². The molecule has 0 heterocycles. The summed E-state index contributed by atoms with van der Waals surface area (Å²) in [6.45, 7) is 9.34. The van der Waals surface area contributed by atoms with E-state index < -0.39 is 0 Å². The maximum absolute atomic E-state index is 12.2. The molecule has 0 atom stereocenters. The van der Waals surface area contributed by atoms with E-state index in [2.05, 4.69) is 62.0 Å². The molecule has 0 aliphatic heterocycles. The predicted octanol–water partition coefficient (Wildman–Crippen LogP) is 12.3. The molecule has 0 aromatic heterocycles.